The molecule has 1 aromatic carbocycles. The predicted octanol–water partition coefficient (Wildman–Crippen LogP) is 5.72. The second kappa shape index (κ2) is 5.74. The van der Waals surface area contributed by atoms with Gasteiger partial charge in [-0.3, -0.25) is 0 Å². The van der Waals surface area contributed by atoms with Gasteiger partial charge in [0.05, 0.1) is 11.3 Å². The van der Waals surface area contributed by atoms with Crippen molar-refractivity contribution in [2.75, 3.05) is 0 Å². The summed E-state index contributed by atoms with van der Waals surface area (Å²) in [5.41, 5.74) is 3.43. The maximum atomic E-state index is 7.87. The number of fused-ring (bicyclic) bond motifs is 1. The molecular formula is C21H24N2. The summed E-state index contributed by atoms with van der Waals surface area (Å²) in [5, 5.41) is 1.23. The van der Waals surface area contributed by atoms with Crippen LogP contribution in [0.3, 0.4) is 0 Å². The van der Waals surface area contributed by atoms with E-state index in [-0.39, 0.29) is 17.4 Å². The summed E-state index contributed by atoms with van der Waals surface area (Å²) in [6, 6.07) is 8.25. The Hall–Kier alpha value is -2.27. The lowest BCUT2D eigenvalue weighted by atomic mass is 9.59. The molecule has 4 atom stereocenters. The first kappa shape index (κ1) is 15.6. The Bertz CT molecular complexity index is 792. The fourth-order valence-corrected chi connectivity index (χ4v) is 4.18. The number of hydrogen-bond acceptors (Lipinski definition) is 0. The molecule has 2 nitrogen and oxygen atoms in total. The van der Waals surface area contributed by atoms with Gasteiger partial charge in [-0.25, -0.2) is 6.57 Å². The molecule has 0 bridgehead atoms. The van der Waals surface area contributed by atoms with E-state index in [1.807, 2.05) is 12.1 Å². The van der Waals surface area contributed by atoms with E-state index in [1.165, 1.54) is 16.5 Å². The van der Waals surface area contributed by atoms with E-state index in [2.05, 4.69) is 61.2 Å². The fourth-order valence-electron chi connectivity index (χ4n) is 4.18. The SMILES string of the molecule is [C-]#[N+][C@@H]1[C@@H](c2c[nH]c3ccccc23)[C@H](C(=C)C)CC[C@@]1(C)C=C. The van der Waals surface area contributed by atoms with Crippen molar-refractivity contribution in [2.24, 2.45) is 11.3 Å². The fraction of sp³-hybridized carbons (Fsp3) is 0.381. The van der Waals surface area contributed by atoms with Crippen LogP contribution in [0.4, 0.5) is 0 Å². The first-order valence-electron chi connectivity index (χ1n) is 8.23. The Morgan fingerprint density at radius 1 is 1.43 bits per heavy atom. The zero-order chi connectivity index (χ0) is 16.6. The van der Waals surface area contributed by atoms with Crippen LogP contribution in [0.1, 0.15) is 38.2 Å². The first-order valence-corrected chi connectivity index (χ1v) is 8.23. The molecule has 1 aromatic heterocycles. The Kier molecular flexibility index (Phi) is 3.90. The van der Waals surface area contributed by atoms with Crippen molar-refractivity contribution >= 4 is 10.9 Å². The molecule has 0 spiro atoms. The van der Waals surface area contributed by atoms with E-state index in [9.17, 15) is 0 Å². The van der Waals surface area contributed by atoms with Crippen molar-refractivity contribution in [3.05, 3.63) is 72.2 Å². The molecule has 0 radical (unpaired) electrons. The predicted molar refractivity (Wildman–Crippen MR) is 97.3 cm³/mol. The highest BCUT2D eigenvalue weighted by atomic mass is 14.8. The van der Waals surface area contributed by atoms with Gasteiger partial charge in [0.2, 0.25) is 6.04 Å². The van der Waals surface area contributed by atoms with E-state index in [4.69, 9.17) is 6.57 Å². The summed E-state index contributed by atoms with van der Waals surface area (Å²) in [5.74, 6) is 0.513. The summed E-state index contributed by atoms with van der Waals surface area (Å²) in [7, 11) is 0. The molecule has 118 valence electrons. The van der Waals surface area contributed by atoms with Crippen LogP contribution in [0, 0.1) is 17.9 Å². The molecule has 1 saturated carbocycles. The van der Waals surface area contributed by atoms with Gasteiger partial charge in [0.15, 0.2) is 0 Å². The van der Waals surface area contributed by atoms with Crippen molar-refractivity contribution in [3.8, 4) is 0 Å². The monoisotopic (exact) mass is 304 g/mol. The molecule has 2 aromatic rings. The Morgan fingerprint density at radius 3 is 2.83 bits per heavy atom. The van der Waals surface area contributed by atoms with Crippen molar-refractivity contribution in [3.63, 3.8) is 0 Å². The van der Waals surface area contributed by atoms with Gasteiger partial charge in [-0.1, -0.05) is 36.4 Å². The van der Waals surface area contributed by atoms with Gasteiger partial charge in [0.1, 0.15) is 0 Å². The molecule has 0 aliphatic heterocycles. The minimum Gasteiger partial charge on any atom is -0.361 e. The van der Waals surface area contributed by atoms with Gasteiger partial charge >= 0.3 is 0 Å². The van der Waals surface area contributed by atoms with Crippen LogP contribution in [0.5, 0.6) is 0 Å². The zero-order valence-electron chi connectivity index (χ0n) is 14.0. The molecular weight excluding hydrogens is 280 g/mol. The van der Waals surface area contributed by atoms with Crippen LogP contribution in [0.25, 0.3) is 15.7 Å². The van der Waals surface area contributed by atoms with E-state index in [0.29, 0.717) is 5.92 Å². The number of nitrogens with zero attached hydrogens (tertiary/aromatic N) is 1. The average Bonchev–Trinajstić information content (AvgIpc) is 2.97. The largest absolute Gasteiger partial charge is 0.361 e. The van der Waals surface area contributed by atoms with Gasteiger partial charge in [0.25, 0.3) is 0 Å². The maximum absolute atomic E-state index is 7.87. The molecule has 1 fully saturated rings. The summed E-state index contributed by atoms with van der Waals surface area (Å²) < 4.78 is 0. The summed E-state index contributed by atoms with van der Waals surface area (Å²) >= 11 is 0. The van der Waals surface area contributed by atoms with E-state index < -0.39 is 0 Å². The third-order valence-corrected chi connectivity index (χ3v) is 5.66. The smallest absolute Gasteiger partial charge is 0.239 e. The number of rotatable bonds is 3. The highest BCUT2D eigenvalue weighted by Crippen LogP contribution is 2.52. The van der Waals surface area contributed by atoms with E-state index >= 15 is 0 Å². The summed E-state index contributed by atoms with van der Waals surface area (Å²) in [6.45, 7) is 20.4. The van der Waals surface area contributed by atoms with Gasteiger partial charge < -0.3 is 9.83 Å². The van der Waals surface area contributed by atoms with Gasteiger partial charge in [-0.15, -0.1) is 6.58 Å². The third-order valence-electron chi connectivity index (χ3n) is 5.66. The normalized spacial score (nSPS) is 30.7. The molecule has 1 heterocycles. The quantitative estimate of drug-likeness (QED) is 0.553. The molecule has 0 unspecified atom stereocenters. The van der Waals surface area contributed by atoms with Crippen LogP contribution >= 0.6 is 0 Å². The van der Waals surface area contributed by atoms with Crippen molar-refractivity contribution < 1.29 is 0 Å². The highest BCUT2D eigenvalue weighted by Gasteiger charge is 2.51. The topological polar surface area (TPSA) is 20.1 Å². The van der Waals surface area contributed by atoms with Crippen molar-refractivity contribution in [1.29, 1.82) is 0 Å². The minimum absolute atomic E-state index is 0.102. The second-order valence-corrected chi connectivity index (χ2v) is 7.09. The number of allylic oxidation sites excluding steroid dienone is 1. The molecule has 1 aliphatic rings. The highest BCUT2D eigenvalue weighted by molar-refractivity contribution is 5.84. The molecule has 0 saturated heterocycles. The number of para-hydroxylation sites is 1. The lowest BCUT2D eigenvalue weighted by Crippen LogP contribution is -2.41. The van der Waals surface area contributed by atoms with Crippen LogP contribution < -0.4 is 0 Å². The van der Waals surface area contributed by atoms with Crippen LogP contribution in [0.2, 0.25) is 0 Å². The molecule has 1 aliphatic carbocycles. The van der Waals surface area contributed by atoms with Gasteiger partial charge in [-0.2, -0.15) is 0 Å². The summed E-state index contributed by atoms with van der Waals surface area (Å²) in [4.78, 5) is 7.45. The number of H-pyrrole nitrogens is 1. The second-order valence-electron chi connectivity index (χ2n) is 7.09. The van der Waals surface area contributed by atoms with Crippen LogP contribution in [0.15, 0.2) is 55.3 Å². The van der Waals surface area contributed by atoms with E-state index in [1.54, 1.807) is 0 Å². The molecule has 0 amide bonds. The van der Waals surface area contributed by atoms with Crippen molar-refractivity contribution in [2.45, 2.75) is 38.6 Å². The standard InChI is InChI=1S/C21H24N2/c1-6-21(4)12-11-15(14(2)3)19(20(21)22-5)17-13-23-18-10-8-7-9-16(17)18/h6-10,13,15,19-20,23H,1-2,11-12H2,3-4H3/t15-,19+,20+,21+/m0/s1. The Labute approximate surface area is 138 Å². The van der Waals surface area contributed by atoms with Crippen LogP contribution in [-0.4, -0.2) is 11.0 Å². The number of hydrogen-bond donors (Lipinski definition) is 1. The van der Waals surface area contributed by atoms with Crippen molar-refractivity contribution in [1.82, 2.24) is 4.98 Å². The number of aromatic nitrogens is 1. The molecule has 3 rings (SSSR count). The lowest BCUT2D eigenvalue weighted by molar-refractivity contribution is 0.196. The molecule has 2 heteroatoms. The van der Waals surface area contributed by atoms with Crippen LogP contribution in [-0.2, 0) is 0 Å². The Morgan fingerprint density at radius 2 is 2.17 bits per heavy atom. The number of nitrogens with one attached hydrogen (secondary N) is 1. The lowest BCUT2D eigenvalue weighted by Gasteiger charge is -2.42. The average molecular weight is 304 g/mol. The third kappa shape index (κ3) is 2.41. The molecule has 23 heavy (non-hydrogen) atoms. The molecule has 1 N–H and O–H groups in total. The first-order chi connectivity index (χ1) is 11.0. The Balaban J connectivity index is 2.19. The van der Waals surface area contributed by atoms with E-state index in [0.717, 1.165) is 18.4 Å². The zero-order valence-corrected chi connectivity index (χ0v) is 14.0. The minimum atomic E-state index is -0.142. The summed E-state index contributed by atoms with van der Waals surface area (Å²) in [6.07, 6.45) is 6.15. The number of benzene rings is 1. The number of aromatic amines is 1. The maximum Gasteiger partial charge on any atom is 0.239 e. The van der Waals surface area contributed by atoms with Gasteiger partial charge in [0, 0.05) is 17.1 Å². The van der Waals surface area contributed by atoms with Gasteiger partial charge in [-0.05, 0) is 44.2 Å².